The van der Waals surface area contributed by atoms with Gasteiger partial charge in [0.25, 0.3) is 0 Å². The molecule has 0 saturated carbocycles. The molecule has 218 valence electrons. The van der Waals surface area contributed by atoms with Crippen LogP contribution in [-0.2, 0) is 0 Å². The van der Waals surface area contributed by atoms with Crippen LogP contribution in [0.3, 0.4) is 0 Å². The third-order valence-electron chi connectivity index (χ3n) is 9.96. The summed E-state index contributed by atoms with van der Waals surface area (Å²) in [4.78, 5) is 0. The molecule has 0 bridgehead atoms. The molecule has 1 aliphatic rings. The van der Waals surface area contributed by atoms with Gasteiger partial charge in [0.05, 0.1) is 33.1 Å². The molecule has 1 aliphatic carbocycles. The summed E-state index contributed by atoms with van der Waals surface area (Å²) >= 11 is 0. The van der Waals surface area contributed by atoms with Crippen molar-refractivity contribution >= 4 is 71.1 Å². The van der Waals surface area contributed by atoms with Gasteiger partial charge in [0.1, 0.15) is 0 Å². The number of hydrogen-bond donors (Lipinski definition) is 0. The van der Waals surface area contributed by atoms with E-state index in [-0.39, 0.29) is 0 Å². The molecule has 0 unspecified atom stereocenters. The van der Waals surface area contributed by atoms with Crippen molar-refractivity contribution in [1.29, 1.82) is 0 Å². The summed E-state index contributed by atoms with van der Waals surface area (Å²) in [5, 5.41) is 7.66. The van der Waals surface area contributed by atoms with E-state index in [1.54, 1.807) is 0 Å². The standard InChI is InChI=1S/C43H31N3/c1-28-11-10-12-29(25-28)44-42-23-21-30(45-38-17-6-2-13-32(38)33-14-3-7-18-39(33)45)26-36(42)37-27-31(22-24-43(37)44)46-40-19-8-4-15-34(40)35-16-5-9-20-41(35)46/h2-9,11,13-27H,10,12H2,1H3. The number of benzene rings is 6. The van der Waals surface area contributed by atoms with Crippen molar-refractivity contribution in [2.45, 2.75) is 19.8 Å². The summed E-state index contributed by atoms with van der Waals surface area (Å²) < 4.78 is 7.36. The van der Waals surface area contributed by atoms with Crippen LogP contribution in [0.4, 0.5) is 0 Å². The zero-order valence-corrected chi connectivity index (χ0v) is 25.6. The average molecular weight is 590 g/mol. The highest BCUT2D eigenvalue weighted by Crippen LogP contribution is 2.40. The third-order valence-corrected chi connectivity index (χ3v) is 9.96. The van der Waals surface area contributed by atoms with Crippen molar-refractivity contribution < 1.29 is 0 Å². The third kappa shape index (κ3) is 3.54. The molecule has 3 heterocycles. The lowest BCUT2D eigenvalue weighted by Gasteiger charge is -2.16. The fourth-order valence-corrected chi connectivity index (χ4v) is 8.01. The maximum absolute atomic E-state index is 2.51. The Hall–Kier alpha value is -5.80. The fraction of sp³-hybridized carbons (Fsp3) is 0.0698. The number of nitrogens with zero attached hydrogens (tertiary/aromatic N) is 3. The lowest BCUT2D eigenvalue weighted by molar-refractivity contribution is 0.965. The Labute approximate surface area is 266 Å². The minimum Gasteiger partial charge on any atom is -0.313 e. The summed E-state index contributed by atoms with van der Waals surface area (Å²) in [7, 11) is 0. The largest absolute Gasteiger partial charge is 0.313 e. The first-order valence-corrected chi connectivity index (χ1v) is 16.2. The summed E-state index contributed by atoms with van der Waals surface area (Å²) in [6.45, 7) is 2.22. The average Bonchev–Trinajstić information content (AvgIpc) is 3.73. The van der Waals surface area contributed by atoms with Crippen LogP contribution in [0.15, 0.2) is 151 Å². The SMILES string of the molecule is CC1=CCCC(n2c3ccc(-n4c5ccccc5c5ccccc54)cc3c3cc(-n4c5ccccc5c5ccccc54)ccc32)=C1. The molecule has 0 fully saturated rings. The Bertz CT molecular complexity index is 2480. The zero-order chi connectivity index (χ0) is 30.4. The van der Waals surface area contributed by atoms with Crippen LogP contribution in [0.25, 0.3) is 82.5 Å². The first-order valence-electron chi connectivity index (χ1n) is 16.2. The van der Waals surface area contributed by atoms with Crippen LogP contribution in [0, 0.1) is 0 Å². The molecule has 46 heavy (non-hydrogen) atoms. The van der Waals surface area contributed by atoms with Gasteiger partial charge in [-0.2, -0.15) is 0 Å². The Morgan fingerprint density at radius 1 is 0.413 bits per heavy atom. The lowest BCUT2D eigenvalue weighted by Crippen LogP contribution is -2.01. The molecule has 3 aromatic heterocycles. The Balaban J connectivity index is 1.30. The first kappa shape index (κ1) is 25.5. The monoisotopic (exact) mass is 589 g/mol. The predicted molar refractivity (Wildman–Crippen MR) is 195 cm³/mol. The van der Waals surface area contributed by atoms with Crippen molar-refractivity contribution in [3.05, 3.63) is 151 Å². The van der Waals surface area contributed by atoms with E-state index in [2.05, 4.69) is 166 Å². The Morgan fingerprint density at radius 2 is 0.804 bits per heavy atom. The van der Waals surface area contributed by atoms with Gasteiger partial charge in [-0.15, -0.1) is 0 Å². The van der Waals surface area contributed by atoms with E-state index in [9.17, 15) is 0 Å². The van der Waals surface area contributed by atoms with Crippen molar-refractivity contribution in [3.63, 3.8) is 0 Å². The highest BCUT2D eigenvalue weighted by Gasteiger charge is 2.19. The topological polar surface area (TPSA) is 14.8 Å². The molecular weight excluding hydrogens is 558 g/mol. The lowest BCUT2D eigenvalue weighted by atomic mass is 10.1. The normalized spacial score (nSPS) is 13.8. The van der Waals surface area contributed by atoms with E-state index in [1.165, 1.54) is 88.1 Å². The number of rotatable bonds is 3. The number of fused-ring (bicyclic) bond motifs is 9. The molecule has 0 N–H and O–H groups in total. The smallest absolute Gasteiger partial charge is 0.0541 e. The Kier molecular flexibility index (Phi) is 5.32. The van der Waals surface area contributed by atoms with Gasteiger partial charge in [-0.25, -0.2) is 0 Å². The molecule has 0 aliphatic heterocycles. The van der Waals surface area contributed by atoms with Gasteiger partial charge < -0.3 is 13.7 Å². The minimum atomic E-state index is 1.03. The zero-order valence-electron chi connectivity index (χ0n) is 25.6. The van der Waals surface area contributed by atoms with Gasteiger partial charge in [-0.3, -0.25) is 0 Å². The van der Waals surface area contributed by atoms with Gasteiger partial charge in [-0.1, -0.05) is 84.4 Å². The maximum Gasteiger partial charge on any atom is 0.0541 e. The van der Waals surface area contributed by atoms with Crippen LogP contribution < -0.4 is 0 Å². The second kappa shape index (κ2) is 9.60. The highest BCUT2D eigenvalue weighted by atomic mass is 15.0. The minimum absolute atomic E-state index is 1.03. The van der Waals surface area contributed by atoms with Gasteiger partial charge in [0.15, 0.2) is 0 Å². The van der Waals surface area contributed by atoms with Crippen LogP contribution in [0.5, 0.6) is 0 Å². The van der Waals surface area contributed by atoms with Crippen molar-refractivity contribution in [3.8, 4) is 11.4 Å². The summed E-state index contributed by atoms with van der Waals surface area (Å²) in [6, 6.07) is 49.2. The van der Waals surface area contributed by atoms with Crippen LogP contribution >= 0.6 is 0 Å². The van der Waals surface area contributed by atoms with E-state index in [4.69, 9.17) is 0 Å². The van der Waals surface area contributed by atoms with Gasteiger partial charge in [-0.05, 0) is 86.5 Å². The molecule has 0 saturated heterocycles. The van der Waals surface area contributed by atoms with Crippen molar-refractivity contribution in [1.82, 2.24) is 13.7 Å². The molecule has 9 aromatic rings. The van der Waals surface area contributed by atoms with E-state index >= 15 is 0 Å². The highest BCUT2D eigenvalue weighted by molar-refractivity contribution is 6.14. The van der Waals surface area contributed by atoms with Crippen LogP contribution in [0.1, 0.15) is 19.8 Å². The van der Waals surface area contributed by atoms with Gasteiger partial charge >= 0.3 is 0 Å². The molecule has 3 heteroatoms. The molecule has 6 aromatic carbocycles. The van der Waals surface area contributed by atoms with Crippen LogP contribution in [-0.4, -0.2) is 13.7 Å². The fourth-order valence-electron chi connectivity index (χ4n) is 8.01. The van der Waals surface area contributed by atoms with Crippen LogP contribution in [0.2, 0.25) is 0 Å². The maximum atomic E-state index is 2.51. The molecule has 0 spiro atoms. The summed E-state index contributed by atoms with van der Waals surface area (Å²) in [5.41, 5.74) is 12.5. The summed E-state index contributed by atoms with van der Waals surface area (Å²) in [5.74, 6) is 0. The second-order valence-electron chi connectivity index (χ2n) is 12.6. The van der Waals surface area contributed by atoms with E-state index in [1.807, 2.05) is 0 Å². The number of hydrogen-bond acceptors (Lipinski definition) is 0. The number of para-hydroxylation sites is 4. The predicted octanol–water partition coefficient (Wildman–Crippen LogP) is 11.6. The second-order valence-corrected chi connectivity index (χ2v) is 12.6. The molecule has 0 atom stereocenters. The van der Waals surface area contributed by atoms with Gasteiger partial charge in [0.2, 0.25) is 0 Å². The van der Waals surface area contributed by atoms with E-state index in [0.717, 1.165) is 12.8 Å². The molecule has 0 radical (unpaired) electrons. The van der Waals surface area contributed by atoms with E-state index in [0.29, 0.717) is 0 Å². The number of allylic oxidation sites excluding steroid dienone is 4. The van der Waals surface area contributed by atoms with Gasteiger partial charge in [0, 0.05) is 49.4 Å². The molecular formula is C43H31N3. The molecule has 10 rings (SSSR count). The molecule has 0 amide bonds. The quantitative estimate of drug-likeness (QED) is 0.195. The Morgan fingerprint density at radius 3 is 1.22 bits per heavy atom. The number of aromatic nitrogens is 3. The molecule has 3 nitrogen and oxygen atoms in total. The first-order chi connectivity index (χ1) is 22.7. The van der Waals surface area contributed by atoms with Crippen molar-refractivity contribution in [2.24, 2.45) is 0 Å². The summed E-state index contributed by atoms with van der Waals surface area (Å²) in [6.07, 6.45) is 6.80. The van der Waals surface area contributed by atoms with E-state index < -0.39 is 0 Å². The van der Waals surface area contributed by atoms with Crippen molar-refractivity contribution in [2.75, 3.05) is 0 Å².